The summed E-state index contributed by atoms with van der Waals surface area (Å²) >= 11 is 6.00. The summed E-state index contributed by atoms with van der Waals surface area (Å²) in [7, 11) is 0. The van der Waals surface area contributed by atoms with Crippen LogP contribution in [0, 0.1) is 0 Å². The summed E-state index contributed by atoms with van der Waals surface area (Å²) < 4.78 is 0. The zero-order valence-electron chi connectivity index (χ0n) is 17.5. The second kappa shape index (κ2) is 10.6. The molecule has 0 atom stereocenters. The van der Waals surface area contributed by atoms with Crippen LogP contribution in [0.1, 0.15) is 41.3 Å². The van der Waals surface area contributed by atoms with Gasteiger partial charge < -0.3 is 0 Å². The second-order valence-corrected chi connectivity index (χ2v) is 8.34. The van der Waals surface area contributed by atoms with Gasteiger partial charge in [-0.05, 0) is 29.2 Å². The molecule has 0 aromatic heterocycles. The third kappa shape index (κ3) is 6.29. The third-order valence-electron chi connectivity index (χ3n) is 5.32. The van der Waals surface area contributed by atoms with Gasteiger partial charge in [-0.3, -0.25) is 30.2 Å². The standard InChI is InChI=1S/C23H29ClN4O2/c1-17(2)19-9-7-18(8-10-19)15-27-11-13-28(14-12-27)16-22(29)25-26-23(30)20-5-3-4-6-21(20)24/h3-10,17H,11-16H2,1-2H3,(H,25,29)(H,26,30). The molecule has 3 rings (SSSR count). The maximum Gasteiger partial charge on any atom is 0.271 e. The summed E-state index contributed by atoms with van der Waals surface area (Å²) in [6.45, 7) is 9.02. The molecule has 1 saturated heterocycles. The van der Waals surface area contributed by atoms with Crippen molar-refractivity contribution in [2.75, 3.05) is 32.7 Å². The molecule has 0 bridgehead atoms. The van der Waals surface area contributed by atoms with E-state index in [4.69, 9.17) is 11.6 Å². The Labute approximate surface area is 183 Å². The van der Waals surface area contributed by atoms with Crippen LogP contribution < -0.4 is 10.9 Å². The quantitative estimate of drug-likeness (QED) is 0.694. The largest absolute Gasteiger partial charge is 0.297 e. The first kappa shape index (κ1) is 22.3. The summed E-state index contributed by atoms with van der Waals surface area (Å²) in [5.41, 5.74) is 7.89. The maximum atomic E-state index is 12.2. The SMILES string of the molecule is CC(C)c1ccc(CN2CCN(CC(=O)NNC(=O)c3ccccc3Cl)CC2)cc1. The number of piperazine rings is 1. The lowest BCUT2D eigenvalue weighted by Gasteiger charge is -2.34. The molecule has 2 amide bonds. The Bertz CT molecular complexity index is 862. The Morgan fingerprint density at radius 1 is 0.933 bits per heavy atom. The zero-order valence-corrected chi connectivity index (χ0v) is 18.3. The Morgan fingerprint density at radius 2 is 1.57 bits per heavy atom. The van der Waals surface area contributed by atoms with E-state index in [1.165, 1.54) is 11.1 Å². The molecule has 6 nitrogen and oxygen atoms in total. The van der Waals surface area contributed by atoms with Crippen LogP contribution in [0.3, 0.4) is 0 Å². The molecule has 30 heavy (non-hydrogen) atoms. The van der Waals surface area contributed by atoms with Crippen molar-refractivity contribution in [2.24, 2.45) is 0 Å². The van der Waals surface area contributed by atoms with Crippen LogP contribution in [0.15, 0.2) is 48.5 Å². The number of carbonyl (C=O) groups excluding carboxylic acids is 2. The van der Waals surface area contributed by atoms with Gasteiger partial charge >= 0.3 is 0 Å². The van der Waals surface area contributed by atoms with E-state index in [2.05, 4.69) is 58.8 Å². The van der Waals surface area contributed by atoms with Gasteiger partial charge in [0.2, 0.25) is 0 Å². The van der Waals surface area contributed by atoms with Crippen molar-refractivity contribution in [3.63, 3.8) is 0 Å². The summed E-state index contributed by atoms with van der Waals surface area (Å²) in [5, 5.41) is 0.346. The van der Waals surface area contributed by atoms with E-state index >= 15 is 0 Å². The molecular formula is C23H29ClN4O2. The van der Waals surface area contributed by atoms with Crippen molar-refractivity contribution in [1.29, 1.82) is 0 Å². The van der Waals surface area contributed by atoms with Gasteiger partial charge in [-0.15, -0.1) is 0 Å². The van der Waals surface area contributed by atoms with Gasteiger partial charge in [0.25, 0.3) is 11.8 Å². The fraction of sp³-hybridized carbons (Fsp3) is 0.391. The van der Waals surface area contributed by atoms with Crippen LogP contribution in [0.25, 0.3) is 0 Å². The van der Waals surface area contributed by atoms with Crippen LogP contribution >= 0.6 is 11.6 Å². The topological polar surface area (TPSA) is 64.7 Å². The van der Waals surface area contributed by atoms with E-state index < -0.39 is 5.91 Å². The first-order valence-electron chi connectivity index (χ1n) is 10.3. The molecule has 7 heteroatoms. The van der Waals surface area contributed by atoms with Gasteiger partial charge in [-0.25, -0.2) is 0 Å². The van der Waals surface area contributed by atoms with Crippen molar-refractivity contribution in [3.05, 3.63) is 70.2 Å². The third-order valence-corrected chi connectivity index (χ3v) is 5.65. The van der Waals surface area contributed by atoms with Crippen LogP contribution in [0.4, 0.5) is 0 Å². The molecule has 0 aliphatic carbocycles. The molecule has 160 valence electrons. The van der Waals surface area contributed by atoms with Crippen LogP contribution in [-0.2, 0) is 11.3 Å². The highest BCUT2D eigenvalue weighted by molar-refractivity contribution is 6.33. The normalized spacial score (nSPS) is 15.2. The summed E-state index contributed by atoms with van der Waals surface area (Å²) in [5.74, 6) is -0.126. The highest BCUT2D eigenvalue weighted by Crippen LogP contribution is 2.16. The molecular weight excluding hydrogens is 400 g/mol. The van der Waals surface area contributed by atoms with E-state index in [1.807, 2.05) is 0 Å². The Balaban J connectivity index is 1.38. The second-order valence-electron chi connectivity index (χ2n) is 7.93. The fourth-order valence-electron chi connectivity index (χ4n) is 3.45. The lowest BCUT2D eigenvalue weighted by Crippen LogP contribution is -2.51. The molecule has 1 aliphatic heterocycles. The minimum absolute atomic E-state index is 0.242. The number of hydrogen-bond donors (Lipinski definition) is 2. The number of hydrogen-bond acceptors (Lipinski definition) is 4. The highest BCUT2D eigenvalue weighted by Gasteiger charge is 2.19. The van der Waals surface area contributed by atoms with Crippen molar-refractivity contribution in [2.45, 2.75) is 26.3 Å². The lowest BCUT2D eigenvalue weighted by molar-refractivity contribution is -0.123. The minimum Gasteiger partial charge on any atom is -0.297 e. The van der Waals surface area contributed by atoms with Crippen LogP contribution in [0.5, 0.6) is 0 Å². The average Bonchev–Trinajstić information content (AvgIpc) is 2.74. The molecule has 0 saturated carbocycles. The Morgan fingerprint density at radius 3 is 2.20 bits per heavy atom. The predicted octanol–water partition coefficient (Wildman–Crippen LogP) is 3.04. The molecule has 0 radical (unpaired) electrons. The number of amides is 2. The first-order chi connectivity index (χ1) is 14.4. The zero-order chi connectivity index (χ0) is 21.5. The lowest BCUT2D eigenvalue weighted by atomic mass is 10.0. The van der Waals surface area contributed by atoms with Crippen LogP contribution in [-0.4, -0.2) is 54.3 Å². The summed E-state index contributed by atoms with van der Waals surface area (Å²) in [6.07, 6.45) is 0. The van der Waals surface area contributed by atoms with E-state index in [1.54, 1.807) is 24.3 Å². The molecule has 2 N–H and O–H groups in total. The number of rotatable bonds is 6. The molecule has 1 aliphatic rings. The number of hydrazine groups is 1. The molecule has 2 aromatic carbocycles. The molecule has 0 spiro atoms. The Hall–Kier alpha value is -2.41. The molecule has 1 heterocycles. The monoisotopic (exact) mass is 428 g/mol. The number of carbonyl (C=O) groups is 2. The minimum atomic E-state index is -0.428. The van der Waals surface area contributed by atoms with Crippen molar-refractivity contribution in [1.82, 2.24) is 20.7 Å². The van der Waals surface area contributed by atoms with Gasteiger partial charge in [0.05, 0.1) is 17.1 Å². The van der Waals surface area contributed by atoms with Crippen LogP contribution in [0.2, 0.25) is 5.02 Å². The van der Waals surface area contributed by atoms with E-state index in [-0.39, 0.29) is 12.5 Å². The van der Waals surface area contributed by atoms with E-state index in [0.717, 1.165) is 32.7 Å². The number of benzene rings is 2. The van der Waals surface area contributed by atoms with Gasteiger partial charge in [0.15, 0.2) is 0 Å². The smallest absolute Gasteiger partial charge is 0.271 e. The van der Waals surface area contributed by atoms with Gasteiger partial charge in [-0.1, -0.05) is 61.8 Å². The van der Waals surface area contributed by atoms with Crippen molar-refractivity contribution >= 4 is 23.4 Å². The van der Waals surface area contributed by atoms with Crippen molar-refractivity contribution < 1.29 is 9.59 Å². The first-order valence-corrected chi connectivity index (χ1v) is 10.7. The number of nitrogens with zero attached hydrogens (tertiary/aromatic N) is 2. The van der Waals surface area contributed by atoms with Gasteiger partial charge in [0.1, 0.15) is 0 Å². The highest BCUT2D eigenvalue weighted by atomic mass is 35.5. The van der Waals surface area contributed by atoms with Gasteiger partial charge in [0, 0.05) is 32.7 Å². The van der Waals surface area contributed by atoms with E-state index in [9.17, 15) is 9.59 Å². The predicted molar refractivity (Wildman–Crippen MR) is 119 cm³/mol. The average molecular weight is 429 g/mol. The summed E-state index contributed by atoms with van der Waals surface area (Å²) in [4.78, 5) is 28.8. The van der Waals surface area contributed by atoms with Gasteiger partial charge in [-0.2, -0.15) is 0 Å². The number of halogens is 1. The molecule has 0 unspecified atom stereocenters. The fourth-order valence-corrected chi connectivity index (χ4v) is 3.68. The molecule has 2 aromatic rings. The molecule has 1 fully saturated rings. The van der Waals surface area contributed by atoms with E-state index in [0.29, 0.717) is 16.5 Å². The summed E-state index contributed by atoms with van der Waals surface area (Å²) in [6, 6.07) is 15.5. The van der Waals surface area contributed by atoms with Crippen molar-refractivity contribution in [3.8, 4) is 0 Å². The Kier molecular flexibility index (Phi) is 7.85. The maximum absolute atomic E-state index is 12.2. The number of nitrogens with one attached hydrogen (secondary N) is 2.